The SMILES string of the molecule is O=c1ccc(-n2cccn2)nn1C1COCC1Nc1cc2c(nn1)CCC2. The van der Waals surface area contributed by atoms with E-state index >= 15 is 0 Å². The Kier molecular flexibility index (Phi) is 3.93. The fourth-order valence-corrected chi connectivity index (χ4v) is 3.69. The maximum absolute atomic E-state index is 12.4. The van der Waals surface area contributed by atoms with Crippen LogP contribution < -0.4 is 10.9 Å². The normalized spacial score (nSPS) is 21.3. The van der Waals surface area contributed by atoms with Gasteiger partial charge in [-0.1, -0.05) is 0 Å². The monoisotopic (exact) mass is 365 g/mol. The Morgan fingerprint density at radius 2 is 2.15 bits per heavy atom. The van der Waals surface area contributed by atoms with Gasteiger partial charge in [0.1, 0.15) is 11.9 Å². The van der Waals surface area contributed by atoms with E-state index in [1.807, 2.05) is 6.07 Å². The molecule has 4 heterocycles. The topological polar surface area (TPSA) is 99.8 Å². The zero-order valence-corrected chi connectivity index (χ0v) is 14.7. The summed E-state index contributed by atoms with van der Waals surface area (Å²) in [4.78, 5) is 12.4. The van der Waals surface area contributed by atoms with Crippen molar-refractivity contribution in [2.75, 3.05) is 18.5 Å². The Labute approximate surface area is 155 Å². The summed E-state index contributed by atoms with van der Waals surface area (Å²) in [6.07, 6.45) is 6.63. The molecule has 9 nitrogen and oxygen atoms in total. The largest absolute Gasteiger partial charge is 0.377 e. The predicted octanol–water partition coefficient (Wildman–Crippen LogP) is 0.760. The molecule has 0 amide bonds. The summed E-state index contributed by atoms with van der Waals surface area (Å²) in [5, 5.41) is 20.7. The third-order valence-corrected chi connectivity index (χ3v) is 5.07. The van der Waals surface area contributed by atoms with Gasteiger partial charge in [-0.2, -0.15) is 10.2 Å². The maximum Gasteiger partial charge on any atom is 0.267 e. The molecule has 0 saturated carbocycles. The standard InChI is InChI=1S/C18H19N7O2/c26-18-6-5-17(24-8-2-7-19-24)23-25(18)15-11-27-10-14(15)20-16-9-12-3-1-4-13(12)21-22-16/h2,5-9,14-15H,1,3-4,10-11H2,(H,20,22). The second-order valence-electron chi connectivity index (χ2n) is 6.84. The van der Waals surface area contributed by atoms with Crippen LogP contribution in [0.25, 0.3) is 5.82 Å². The summed E-state index contributed by atoms with van der Waals surface area (Å²) < 4.78 is 8.74. The Balaban J connectivity index is 1.43. The van der Waals surface area contributed by atoms with Crippen LogP contribution in [0.5, 0.6) is 0 Å². The summed E-state index contributed by atoms with van der Waals surface area (Å²) in [7, 11) is 0. The second-order valence-corrected chi connectivity index (χ2v) is 6.84. The van der Waals surface area contributed by atoms with Crippen molar-refractivity contribution in [3.05, 3.63) is 58.3 Å². The maximum atomic E-state index is 12.4. The molecule has 5 rings (SSSR count). The van der Waals surface area contributed by atoms with Crippen molar-refractivity contribution in [3.8, 4) is 5.82 Å². The summed E-state index contributed by atoms with van der Waals surface area (Å²) in [5.41, 5.74) is 2.16. The van der Waals surface area contributed by atoms with Crippen LogP contribution >= 0.6 is 0 Å². The highest BCUT2D eigenvalue weighted by atomic mass is 16.5. The molecule has 0 bridgehead atoms. The average molecular weight is 365 g/mol. The molecule has 1 aliphatic carbocycles. The van der Waals surface area contributed by atoms with E-state index in [0.717, 1.165) is 25.0 Å². The second kappa shape index (κ2) is 6.58. The van der Waals surface area contributed by atoms with Crippen LogP contribution in [0.4, 0.5) is 5.82 Å². The molecule has 1 saturated heterocycles. The van der Waals surface area contributed by atoms with Crippen LogP contribution in [-0.2, 0) is 17.6 Å². The highest BCUT2D eigenvalue weighted by Gasteiger charge is 2.32. The Morgan fingerprint density at radius 1 is 1.19 bits per heavy atom. The zero-order chi connectivity index (χ0) is 18.2. The first-order chi connectivity index (χ1) is 13.3. The average Bonchev–Trinajstić information content (AvgIpc) is 3.44. The molecule has 1 fully saturated rings. The van der Waals surface area contributed by atoms with Gasteiger partial charge in [0.2, 0.25) is 0 Å². The minimum Gasteiger partial charge on any atom is -0.377 e. The number of hydrogen-bond donors (Lipinski definition) is 1. The lowest BCUT2D eigenvalue weighted by Gasteiger charge is -2.21. The van der Waals surface area contributed by atoms with Crippen LogP contribution in [-0.4, -0.2) is 49.0 Å². The molecular formula is C18H19N7O2. The molecule has 9 heteroatoms. The molecule has 0 radical (unpaired) electrons. The fourth-order valence-electron chi connectivity index (χ4n) is 3.69. The van der Waals surface area contributed by atoms with E-state index < -0.39 is 0 Å². The van der Waals surface area contributed by atoms with E-state index in [0.29, 0.717) is 24.8 Å². The number of hydrogen-bond acceptors (Lipinski definition) is 7. The van der Waals surface area contributed by atoms with Gasteiger partial charge < -0.3 is 10.1 Å². The summed E-state index contributed by atoms with van der Waals surface area (Å²) >= 11 is 0. The molecule has 2 atom stereocenters. The van der Waals surface area contributed by atoms with Crippen molar-refractivity contribution < 1.29 is 4.74 Å². The lowest BCUT2D eigenvalue weighted by atomic mass is 10.1. The third-order valence-electron chi connectivity index (χ3n) is 5.07. The number of aromatic nitrogens is 6. The molecule has 138 valence electrons. The van der Waals surface area contributed by atoms with Gasteiger partial charge in [-0.25, -0.2) is 9.36 Å². The van der Waals surface area contributed by atoms with Crippen LogP contribution in [0.1, 0.15) is 23.7 Å². The molecule has 3 aromatic heterocycles. The van der Waals surface area contributed by atoms with E-state index in [-0.39, 0.29) is 17.6 Å². The Morgan fingerprint density at radius 3 is 3.04 bits per heavy atom. The zero-order valence-electron chi connectivity index (χ0n) is 14.7. The number of nitrogens with zero attached hydrogens (tertiary/aromatic N) is 6. The van der Waals surface area contributed by atoms with Crippen LogP contribution in [0.15, 0.2) is 41.5 Å². The smallest absolute Gasteiger partial charge is 0.267 e. The van der Waals surface area contributed by atoms with Gasteiger partial charge in [-0.15, -0.1) is 10.2 Å². The minimum atomic E-state index is -0.233. The molecule has 27 heavy (non-hydrogen) atoms. The van der Waals surface area contributed by atoms with E-state index in [9.17, 15) is 4.79 Å². The molecule has 0 aromatic carbocycles. The Bertz CT molecular complexity index is 1010. The first kappa shape index (κ1) is 16.1. The quantitative estimate of drug-likeness (QED) is 0.728. The first-order valence-corrected chi connectivity index (χ1v) is 9.07. The number of nitrogens with one attached hydrogen (secondary N) is 1. The van der Waals surface area contributed by atoms with Crippen molar-refractivity contribution in [2.24, 2.45) is 0 Å². The van der Waals surface area contributed by atoms with E-state index in [1.165, 1.54) is 16.3 Å². The minimum absolute atomic E-state index is 0.114. The molecule has 2 unspecified atom stereocenters. The van der Waals surface area contributed by atoms with Gasteiger partial charge in [-0.3, -0.25) is 4.79 Å². The van der Waals surface area contributed by atoms with Crippen LogP contribution in [0, 0.1) is 0 Å². The highest BCUT2D eigenvalue weighted by Crippen LogP contribution is 2.24. The molecule has 1 aliphatic heterocycles. The highest BCUT2D eigenvalue weighted by molar-refractivity contribution is 5.41. The van der Waals surface area contributed by atoms with Crippen LogP contribution in [0.2, 0.25) is 0 Å². The van der Waals surface area contributed by atoms with Crippen molar-refractivity contribution >= 4 is 5.82 Å². The molecule has 2 aliphatic rings. The van der Waals surface area contributed by atoms with Crippen LogP contribution in [0.3, 0.4) is 0 Å². The number of fused-ring (bicyclic) bond motifs is 1. The summed E-state index contributed by atoms with van der Waals surface area (Å²) in [6, 6.07) is 6.69. The van der Waals surface area contributed by atoms with E-state index in [4.69, 9.17) is 4.74 Å². The van der Waals surface area contributed by atoms with Crippen molar-refractivity contribution in [1.82, 2.24) is 29.8 Å². The molecular weight excluding hydrogens is 346 g/mol. The molecule has 1 N–H and O–H groups in total. The number of rotatable bonds is 4. The summed E-state index contributed by atoms with van der Waals surface area (Å²) in [5.74, 6) is 1.30. The lowest BCUT2D eigenvalue weighted by molar-refractivity contribution is 0.182. The van der Waals surface area contributed by atoms with Crippen molar-refractivity contribution in [1.29, 1.82) is 0 Å². The predicted molar refractivity (Wildman–Crippen MR) is 96.9 cm³/mol. The van der Waals surface area contributed by atoms with Gasteiger partial charge in [0.15, 0.2) is 5.82 Å². The van der Waals surface area contributed by atoms with Gasteiger partial charge in [-0.05, 0) is 43.0 Å². The van der Waals surface area contributed by atoms with Crippen molar-refractivity contribution in [3.63, 3.8) is 0 Å². The number of ether oxygens (including phenoxy) is 1. The molecule has 0 spiro atoms. The number of aryl methyl sites for hydroxylation is 2. The van der Waals surface area contributed by atoms with E-state index in [2.05, 4.69) is 31.8 Å². The van der Waals surface area contributed by atoms with Gasteiger partial charge in [0, 0.05) is 18.5 Å². The van der Waals surface area contributed by atoms with Gasteiger partial charge in [0.25, 0.3) is 5.56 Å². The summed E-state index contributed by atoms with van der Waals surface area (Å²) in [6.45, 7) is 0.884. The Hall–Kier alpha value is -3.07. The van der Waals surface area contributed by atoms with Crippen molar-refractivity contribution in [2.45, 2.75) is 31.3 Å². The van der Waals surface area contributed by atoms with Gasteiger partial charge >= 0.3 is 0 Å². The third kappa shape index (κ3) is 2.99. The van der Waals surface area contributed by atoms with E-state index in [1.54, 1.807) is 23.1 Å². The molecule has 3 aromatic rings. The number of anilines is 1. The van der Waals surface area contributed by atoms with Gasteiger partial charge in [0.05, 0.1) is 24.9 Å². The first-order valence-electron chi connectivity index (χ1n) is 9.07. The lowest BCUT2D eigenvalue weighted by Crippen LogP contribution is -2.37. The fraction of sp³-hybridized carbons (Fsp3) is 0.389.